The molecule has 0 spiro atoms. The number of aromatic nitrogens is 4. The van der Waals surface area contributed by atoms with Crippen LogP contribution < -0.4 is 21.9 Å². The monoisotopic (exact) mass is 387 g/mol. The summed E-state index contributed by atoms with van der Waals surface area (Å²) < 4.78 is 2.24. The van der Waals surface area contributed by atoms with Gasteiger partial charge < -0.3 is 10.6 Å². The molecule has 1 aliphatic rings. The van der Waals surface area contributed by atoms with Gasteiger partial charge in [-0.15, -0.1) is 0 Å². The molecule has 1 aliphatic heterocycles. The van der Waals surface area contributed by atoms with E-state index in [0.717, 1.165) is 4.57 Å². The highest BCUT2D eigenvalue weighted by atomic mass is 16.2. The number of Topliss-reactive ketones (excluding diaryl/α,β-unsaturated/α-hetero) is 1. The fourth-order valence-corrected chi connectivity index (χ4v) is 3.33. The van der Waals surface area contributed by atoms with Gasteiger partial charge in [0.1, 0.15) is 11.4 Å². The average Bonchev–Trinajstić information content (AvgIpc) is 2.71. The molecule has 3 heterocycles. The summed E-state index contributed by atoms with van der Waals surface area (Å²) in [6.45, 7) is 4.97. The van der Waals surface area contributed by atoms with E-state index in [0.29, 0.717) is 45.1 Å². The van der Waals surface area contributed by atoms with Gasteiger partial charge >= 0.3 is 5.69 Å². The van der Waals surface area contributed by atoms with E-state index in [-0.39, 0.29) is 23.7 Å². The molecule has 3 rings (SSSR count). The summed E-state index contributed by atoms with van der Waals surface area (Å²) in [6, 6.07) is 1.77. The molecule has 2 N–H and O–H groups in total. The van der Waals surface area contributed by atoms with Crippen LogP contribution in [0.2, 0.25) is 0 Å². The lowest BCUT2D eigenvalue weighted by molar-refractivity contribution is 0.0924. The van der Waals surface area contributed by atoms with Gasteiger partial charge in [0.2, 0.25) is 5.95 Å². The lowest BCUT2D eigenvalue weighted by atomic mass is 10.1. The molecule has 0 bridgehead atoms. The quantitative estimate of drug-likeness (QED) is 0.649. The number of carbonyl (C=O) groups excluding carboxylic acids is 1. The van der Waals surface area contributed by atoms with Gasteiger partial charge in [-0.05, 0) is 12.5 Å². The zero-order valence-electron chi connectivity index (χ0n) is 16.2. The molecule has 0 radical (unpaired) electrons. The standard InChI is InChI=1S/C18H25N7O3/c1-3-7-25-15(19)14(16(27)22(2)18(25)28)13(26)12-23-8-10-24(11-9-23)17-20-5-4-6-21-17/h4-6H,3,7-12,19H2,1-2H3. The zero-order chi connectivity index (χ0) is 20.3. The van der Waals surface area contributed by atoms with Crippen molar-refractivity contribution in [2.75, 3.05) is 43.4 Å². The smallest absolute Gasteiger partial charge is 0.332 e. The minimum Gasteiger partial charge on any atom is -0.384 e. The Morgan fingerprint density at radius 3 is 2.39 bits per heavy atom. The normalized spacial score (nSPS) is 15.0. The van der Waals surface area contributed by atoms with Crippen LogP contribution in [0.25, 0.3) is 0 Å². The summed E-state index contributed by atoms with van der Waals surface area (Å²) in [7, 11) is 1.37. The van der Waals surface area contributed by atoms with E-state index in [1.165, 1.54) is 11.6 Å². The minimum atomic E-state index is -0.642. The van der Waals surface area contributed by atoms with E-state index in [1.54, 1.807) is 18.5 Å². The molecule has 0 atom stereocenters. The van der Waals surface area contributed by atoms with Crippen molar-refractivity contribution in [1.29, 1.82) is 0 Å². The highest BCUT2D eigenvalue weighted by Gasteiger charge is 2.25. The molecule has 0 aliphatic carbocycles. The summed E-state index contributed by atoms with van der Waals surface area (Å²) in [5, 5.41) is 0. The summed E-state index contributed by atoms with van der Waals surface area (Å²) in [5.41, 5.74) is 4.78. The highest BCUT2D eigenvalue weighted by molar-refractivity contribution is 6.01. The number of nitrogens with zero attached hydrogens (tertiary/aromatic N) is 6. The Kier molecular flexibility index (Phi) is 5.88. The van der Waals surface area contributed by atoms with Gasteiger partial charge in [0.05, 0.1) is 6.54 Å². The summed E-state index contributed by atoms with van der Waals surface area (Å²) in [5.74, 6) is 0.252. The van der Waals surface area contributed by atoms with Gasteiger partial charge in [0.15, 0.2) is 5.78 Å². The molecule has 10 heteroatoms. The third-order valence-corrected chi connectivity index (χ3v) is 4.88. The van der Waals surface area contributed by atoms with Crippen LogP contribution in [0.1, 0.15) is 23.7 Å². The van der Waals surface area contributed by atoms with Crippen LogP contribution in [-0.4, -0.2) is 62.5 Å². The molecule has 0 saturated carbocycles. The van der Waals surface area contributed by atoms with Crippen molar-refractivity contribution in [2.45, 2.75) is 19.9 Å². The molecular weight excluding hydrogens is 362 g/mol. The number of nitrogens with two attached hydrogens (primary N) is 1. The minimum absolute atomic E-state index is 0.0451. The Bertz CT molecular complexity index is 960. The first-order valence-electron chi connectivity index (χ1n) is 9.30. The van der Waals surface area contributed by atoms with Crippen molar-refractivity contribution < 1.29 is 4.79 Å². The van der Waals surface area contributed by atoms with E-state index in [1.807, 2.05) is 11.8 Å². The van der Waals surface area contributed by atoms with Crippen LogP contribution in [0.3, 0.4) is 0 Å². The molecular formula is C18H25N7O3. The largest absolute Gasteiger partial charge is 0.384 e. The SMILES string of the molecule is CCCn1c(N)c(C(=O)CN2CCN(c3ncccn3)CC2)c(=O)n(C)c1=O. The lowest BCUT2D eigenvalue weighted by Crippen LogP contribution is -2.49. The van der Waals surface area contributed by atoms with Crippen LogP contribution in [0.4, 0.5) is 11.8 Å². The van der Waals surface area contributed by atoms with E-state index < -0.39 is 11.2 Å². The maximum Gasteiger partial charge on any atom is 0.332 e. The van der Waals surface area contributed by atoms with Crippen LogP contribution >= 0.6 is 0 Å². The van der Waals surface area contributed by atoms with Gasteiger partial charge in [0, 0.05) is 52.2 Å². The Morgan fingerprint density at radius 2 is 1.79 bits per heavy atom. The molecule has 0 aromatic carbocycles. The number of hydrogen-bond acceptors (Lipinski definition) is 8. The van der Waals surface area contributed by atoms with Crippen LogP contribution in [-0.2, 0) is 13.6 Å². The Balaban J connectivity index is 1.74. The molecule has 10 nitrogen and oxygen atoms in total. The Morgan fingerprint density at radius 1 is 1.14 bits per heavy atom. The number of hydrogen-bond donors (Lipinski definition) is 1. The maximum absolute atomic E-state index is 12.8. The molecule has 2 aromatic heterocycles. The van der Waals surface area contributed by atoms with Crippen LogP contribution in [0.15, 0.2) is 28.0 Å². The molecule has 0 amide bonds. The third-order valence-electron chi connectivity index (χ3n) is 4.88. The number of rotatable bonds is 6. The molecule has 150 valence electrons. The van der Waals surface area contributed by atoms with Gasteiger partial charge in [-0.2, -0.15) is 0 Å². The predicted octanol–water partition coefficient (Wildman–Crippen LogP) is -0.666. The zero-order valence-corrected chi connectivity index (χ0v) is 16.2. The van der Waals surface area contributed by atoms with Gasteiger partial charge in [0.25, 0.3) is 5.56 Å². The van der Waals surface area contributed by atoms with Crippen molar-refractivity contribution in [1.82, 2.24) is 24.0 Å². The van der Waals surface area contributed by atoms with Crippen molar-refractivity contribution in [3.05, 3.63) is 44.9 Å². The molecule has 28 heavy (non-hydrogen) atoms. The molecule has 0 unspecified atom stereocenters. The van der Waals surface area contributed by atoms with E-state index >= 15 is 0 Å². The van der Waals surface area contributed by atoms with E-state index in [2.05, 4.69) is 14.9 Å². The van der Waals surface area contributed by atoms with Crippen molar-refractivity contribution in [2.24, 2.45) is 7.05 Å². The number of ketones is 1. The summed E-state index contributed by atoms with van der Waals surface area (Å²) in [6.07, 6.45) is 4.06. The first kappa shape index (κ1) is 19.7. The second kappa shape index (κ2) is 8.34. The molecule has 1 fully saturated rings. The first-order valence-corrected chi connectivity index (χ1v) is 9.30. The second-order valence-corrected chi connectivity index (χ2v) is 6.79. The first-order chi connectivity index (χ1) is 13.4. The Labute approximate surface area is 162 Å². The van der Waals surface area contributed by atoms with E-state index in [9.17, 15) is 14.4 Å². The summed E-state index contributed by atoms with van der Waals surface area (Å²) in [4.78, 5) is 50.1. The number of anilines is 2. The maximum atomic E-state index is 12.8. The predicted molar refractivity (Wildman–Crippen MR) is 106 cm³/mol. The average molecular weight is 387 g/mol. The van der Waals surface area contributed by atoms with Gasteiger partial charge in [-0.25, -0.2) is 14.8 Å². The van der Waals surface area contributed by atoms with Crippen LogP contribution in [0.5, 0.6) is 0 Å². The highest BCUT2D eigenvalue weighted by Crippen LogP contribution is 2.12. The number of piperazine rings is 1. The fraction of sp³-hybridized carbons (Fsp3) is 0.500. The van der Waals surface area contributed by atoms with Crippen molar-refractivity contribution >= 4 is 17.5 Å². The number of carbonyl (C=O) groups is 1. The number of nitrogen functional groups attached to an aromatic ring is 1. The second-order valence-electron chi connectivity index (χ2n) is 6.79. The topological polar surface area (TPSA) is 119 Å². The molecule has 1 saturated heterocycles. The van der Waals surface area contributed by atoms with Crippen molar-refractivity contribution in [3.63, 3.8) is 0 Å². The van der Waals surface area contributed by atoms with E-state index in [4.69, 9.17) is 5.73 Å². The lowest BCUT2D eigenvalue weighted by Gasteiger charge is -2.34. The fourth-order valence-electron chi connectivity index (χ4n) is 3.33. The Hall–Kier alpha value is -3.01. The van der Waals surface area contributed by atoms with Crippen molar-refractivity contribution in [3.8, 4) is 0 Å². The van der Waals surface area contributed by atoms with Gasteiger partial charge in [-0.3, -0.25) is 23.6 Å². The third kappa shape index (κ3) is 3.81. The van der Waals surface area contributed by atoms with Gasteiger partial charge in [-0.1, -0.05) is 6.92 Å². The molecule has 2 aromatic rings. The van der Waals surface area contributed by atoms with Crippen LogP contribution in [0, 0.1) is 0 Å². The summed E-state index contributed by atoms with van der Waals surface area (Å²) >= 11 is 0.